The standard InChI is InChI=1S/C20H23N5/c1-13-8-7-9-14(2)18(13)25(12-17-10-5-6-11-22-17)20-23-16(4)15(3)19(21)24-20/h5-11H,12H2,1-4H3,(H2,21,23,24). The minimum absolute atomic E-state index is 0.514. The van der Waals surface area contributed by atoms with E-state index in [9.17, 15) is 0 Å². The van der Waals surface area contributed by atoms with Crippen LogP contribution in [0.4, 0.5) is 17.5 Å². The van der Waals surface area contributed by atoms with Crippen molar-refractivity contribution in [2.75, 3.05) is 10.6 Å². The molecule has 0 bridgehead atoms. The van der Waals surface area contributed by atoms with Crippen LogP contribution < -0.4 is 10.6 Å². The third kappa shape index (κ3) is 3.45. The van der Waals surface area contributed by atoms with Gasteiger partial charge in [-0.3, -0.25) is 4.98 Å². The van der Waals surface area contributed by atoms with Crippen LogP contribution in [0.15, 0.2) is 42.6 Å². The highest BCUT2D eigenvalue weighted by molar-refractivity contribution is 5.66. The third-order valence-electron chi connectivity index (χ3n) is 4.41. The van der Waals surface area contributed by atoms with Gasteiger partial charge in [0.25, 0.3) is 0 Å². The molecule has 0 atom stereocenters. The Morgan fingerprint density at radius 1 is 0.920 bits per heavy atom. The van der Waals surface area contributed by atoms with E-state index >= 15 is 0 Å². The second-order valence-electron chi connectivity index (χ2n) is 6.27. The van der Waals surface area contributed by atoms with E-state index in [1.807, 2.05) is 32.0 Å². The first-order valence-electron chi connectivity index (χ1n) is 8.31. The first-order chi connectivity index (χ1) is 12.0. The Morgan fingerprint density at radius 3 is 2.24 bits per heavy atom. The van der Waals surface area contributed by atoms with E-state index in [0.29, 0.717) is 18.3 Å². The van der Waals surface area contributed by atoms with Crippen LogP contribution in [-0.2, 0) is 6.54 Å². The van der Waals surface area contributed by atoms with Gasteiger partial charge in [-0.05, 0) is 51.0 Å². The number of hydrogen-bond donors (Lipinski definition) is 1. The van der Waals surface area contributed by atoms with Gasteiger partial charge in [-0.1, -0.05) is 24.3 Å². The smallest absolute Gasteiger partial charge is 0.232 e. The predicted octanol–water partition coefficient (Wildman–Crippen LogP) is 4.03. The maximum atomic E-state index is 6.11. The number of para-hydroxylation sites is 1. The van der Waals surface area contributed by atoms with Crippen molar-refractivity contribution >= 4 is 17.5 Å². The third-order valence-corrected chi connectivity index (χ3v) is 4.41. The van der Waals surface area contributed by atoms with Crippen LogP contribution >= 0.6 is 0 Å². The van der Waals surface area contributed by atoms with Gasteiger partial charge in [0.05, 0.1) is 17.9 Å². The Kier molecular flexibility index (Phi) is 4.65. The minimum atomic E-state index is 0.514. The molecule has 5 heteroatoms. The number of hydrogen-bond acceptors (Lipinski definition) is 5. The van der Waals surface area contributed by atoms with Crippen LogP contribution in [0.5, 0.6) is 0 Å². The lowest BCUT2D eigenvalue weighted by molar-refractivity contribution is 0.865. The summed E-state index contributed by atoms with van der Waals surface area (Å²) in [6.45, 7) is 8.67. The molecule has 0 unspecified atom stereocenters. The van der Waals surface area contributed by atoms with Gasteiger partial charge in [0, 0.05) is 17.5 Å². The number of anilines is 3. The van der Waals surface area contributed by atoms with Crippen molar-refractivity contribution in [2.45, 2.75) is 34.2 Å². The van der Waals surface area contributed by atoms with Gasteiger partial charge in [-0.25, -0.2) is 4.98 Å². The van der Waals surface area contributed by atoms with Crippen LogP contribution in [0.1, 0.15) is 28.1 Å². The van der Waals surface area contributed by atoms with Crippen molar-refractivity contribution in [3.63, 3.8) is 0 Å². The summed E-state index contributed by atoms with van der Waals surface area (Å²) >= 11 is 0. The van der Waals surface area contributed by atoms with Crippen molar-refractivity contribution in [2.24, 2.45) is 0 Å². The largest absolute Gasteiger partial charge is 0.383 e. The van der Waals surface area contributed by atoms with E-state index in [4.69, 9.17) is 10.7 Å². The Hall–Kier alpha value is -2.95. The molecule has 0 aliphatic rings. The number of nitrogen functional groups attached to an aromatic ring is 1. The van der Waals surface area contributed by atoms with Crippen molar-refractivity contribution in [1.82, 2.24) is 15.0 Å². The second kappa shape index (κ2) is 6.89. The highest BCUT2D eigenvalue weighted by atomic mass is 15.3. The number of benzene rings is 1. The molecule has 0 amide bonds. The van der Waals surface area contributed by atoms with Gasteiger partial charge >= 0.3 is 0 Å². The average Bonchev–Trinajstić information content (AvgIpc) is 2.59. The first-order valence-corrected chi connectivity index (χ1v) is 8.31. The fourth-order valence-electron chi connectivity index (χ4n) is 2.89. The molecule has 0 aliphatic heterocycles. The lowest BCUT2D eigenvalue weighted by Crippen LogP contribution is -2.22. The summed E-state index contributed by atoms with van der Waals surface area (Å²) in [5, 5.41) is 0. The first kappa shape index (κ1) is 16.9. The Labute approximate surface area is 148 Å². The molecule has 2 N–H and O–H groups in total. The molecule has 0 fully saturated rings. The van der Waals surface area contributed by atoms with Gasteiger partial charge in [-0.2, -0.15) is 4.98 Å². The maximum absolute atomic E-state index is 6.11. The van der Waals surface area contributed by atoms with Gasteiger partial charge in [-0.15, -0.1) is 0 Å². The van der Waals surface area contributed by atoms with Crippen molar-refractivity contribution in [3.05, 3.63) is 70.7 Å². The zero-order chi connectivity index (χ0) is 18.0. The number of nitrogens with zero attached hydrogens (tertiary/aromatic N) is 4. The van der Waals surface area contributed by atoms with E-state index in [0.717, 1.165) is 33.8 Å². The Bertz CT molecular complexity index is 847. The SMILES string of the molecule is Cc1cccc(C)c1N(Cc1ccccn1)c1nc(C)c(C)c(N)n1. The molecule has 2 aromatic heterocycles. The molecule has 25 heavy (non-hydrogen) atoms. The summed E-state index contributed by atoms with van der Waals surface area (Å²) in [6.07, 6.45) is 1.80. The monoisotopic (exact) mass is 333 g/mol. The van der Waals surface area contributed by atoms with Crippen LogP contribution in [-0.4, -0.2) is 15.0 Å². The molecule has 0 saturated heterocycles. The Balaban J connectivity index is 2.16. The number of aromatic nitrogens is 3. The zero-order valence-corrected chi connectivity index (χ0v) is 15.1. The van der Waals surface area contributed by atoms with Crippen LogP contribution in [0.25, 0.3) is 0 Å². The highest BCUT2D eigenvalue weighted by Gasteiger charge is 2.19. The molecule has 128 valence electrons. The molecule has 0 spiro atoms. The molecule has 0 saturated carbocycles. The average molecular weight is 333 g/mol. The number of nitrogens with two attached hydrogens (primary N) is 1. The minimum Gasteiger partial charge on any atom is -0.383 e. The fourth-order valence-corrected chi connectivity index (χ4v) is 2.89. The van der Waals surface area contributed by atoms with Crippen molar-refractivity contribution in [3.8, 4) is 0 Å². The van der Waals surface area contributed by atoms with Crippen LogP contribution in [0.3, 0.4) is 0 Å². The van der Waals surface area contributed by atoms with Crippen molar-refractivity contribution < 1.29 is 0 Å². The van der Waals surface area contributed by atoms with Gasteiger partial charge in [0.15, 0.2) is 0 Å². The second-order valence-corrected chi connectivity index (χ2v) is 6.27. The Morgan fingerprint density at radius 2 is 1.64 bits per heavy atom. The lowest BCUT2D eigenvalue weighted by atomic mass is 10.1. The lowest BCUT2D eigenvalue weighted by Gasteiger charge is -2.26. The molecule has 3 aromatic rings. The van der Waals surface area contributed by atoms with Crippen LogP contribution in [0, 0.1) is 27.7 Å². The molecule has 2 heterocycles. The number of rotatable bonds is 4. The highest BCUT2D eigenvalue weighted by Crippen LogP contribution is 2.32. The van der Waals surface area contributed by atoms with Gasteiger partial charge in [0.1, 0.15) is 5.82 Å². The molecule has 0 radical (unpaired) electrons. The molecule has 3 rings (SSSR count). The molecule has 1 aromatic carbocycles. The van der Waals surface area contributed by atoms with E-state index in [1.165, 1.54) is 0 Å². The normalized spacial score (nSPS) is 10.7. The van der Waals surface area contributed by atoms with Crippen LogP contribution in [0.2, 0.25) is 0 Å². The van der Waals surface area contributed by atoms with E-state index < -0.39 is 0 Å². The molecule has 0 aliphatic carbocycles. The fraction of sp³-hybridized carbons (Fsp3) is 0.250. The maximum Gasteiger partial charge on any atom is 0.232 e. The van der Waals surface area contributed by atoms with Gasteiger partial charge in [0.2, 0.25) is 5.95 Å². The van der Waals surface area contributed by atoms with E-state index in [-0.39, 0.29) is 0 Å². The van der Waals surface area contributed by atoms with Crippen molar-refractivity contribution in [1.29, 1.82) is 0 Å². The molecular weight excluding hydrogens is 310 g/mol. The van der Waals surface area contributed by atoms with E-state index in [1.54, 1.807) is 6.20 Å². The summed E-state index contributed by atoms with van der Waals surface area (Å²) in [6, 6.07) is 12.2. The quantitative estimate of drug-likeness (QED) is 0.781. The summed E-state index contributed by atoms with van der Waals surface area (Å²) in [5.74, 6) is 1.11. The molecular formula is C20H23N5. The zero-order valence-electron chi connectivity index (χ0n) is 15.1. The predicted molar refractivity (Wildman–Crippen MR) is 102 cm³/mol. The van der Waals surface area contributed by atoms with Gasteiger partial charge < -0.3 is 10.6 Å². The summed E-state index contributed by atoms with van der Waals surface area (Å²) in [5.41, 5.74) is 12.3. The number of pyridine rings is 1. The number of aryl methyl sites for hydroxylation is 3. The van der Waals surface area contributed by atoms with E-state index in [2.05, 4.69) is 46.9 Å². The molecule has 5 nitrogen and oxygen atoms in total. The summed E-state index contributed by atoms with van der Waals surface area (Å²) in [4.78, 5) is 15.8. The summed E-state index contributed by atoms with van der Waals surface area (Å²) in [7, 11) is 0. The topological polar surface area (TPSA) is 67.9 Å². The summed E-state index contributed by atoms with van der Waals surface area (Å²) < 4.78 is 0.